The standard InChI is InChI=1S/C40H31N3O4S/c1-2-43-34-20-7-6-17-30(34)33-24-28(21-22-35(33)43)42-39(45)37(26-11-4-3-5-12-26)48-29-16-10-15-27(23-29)41-38(44)31-18-8-13-25-14-9-19-32(36(25)31)40(46)47/h3-24,37H,2H2,1H3,(H,41,44)(H,42,45)(H,46,47). The van der Waals surface area contributed by atoms with Crippen molar-refractivity contribution < 1.29 is 19.5 Å². The summed E-state index contributed by atoms with van der Waals surface area (Å²) < 4.78 is 2.27. The van der Waals surface area contributed by atoms with Crippen LogP contribution in [-0.4, -0.2) is 27.5 Å². The van der Waals surface area contributed by atoms with Crippen LogP contribution >= 0.6 is 11.8 Å². The number of nitrogens with zero attached hydrogens (tertiary/aromatic N) is 1. The Morgan fingerprint density at radius 2 is 1.38 bits per heavy atom. The number of benzene rings is 6. The van der Waals surface area contributed by atoms with Gasteiger partial charge in [-0.05, 0) is 72.5 Å². The van der Waals surface area contributed by atoms with Crippen molar-refractivity contribution in [2.45, 2.75) is 23.6 Å². The molecule has 3 N–H and O–H groups in total. The summed E-state index contributed by atoms with van der Waals surface area (Å²) in [5.74, 6) is -1.69. The van der Waals surface area contributed by atoms with Gasteiger partial charge in [-0.25, -0.2) is 4.79 Å². The van der Waals surface area contributed by atoms with Gasteiger partial charge in [0.05, 0.1) is 5.56 Å². The van der Waals surface area contributed by atoms with Gasteiger partial charge in [0, 0.05) is 55.6 Å². The number of carboxylic acid groups (broad SMARTS) is 1. The average molecular weight is 650 g/mol. The Kier molecular flexibility index (Phi) is 8.40. The van der Waals surface area contributed by atoms with E-state index in [1.54, 1.807) is 36.4 Å². The third kappa shape index (κ3) is 5.89. The number of hydrogen-bond acceptors (Lipinski definition) is 4. The number of rotatable bonds is 9. The zero-order valence-corrected chi connectivity index (χ0v) is 26.8. The molecule has 2 amide bonds. The predicted octanol–water partition coefficient (Wildman–Crippen LogP) is 9.39. The number of carbonyl (C=O) groups is 3. The maximum atomic E-state index is 14.0. The number of anilines is 2. The quantitative estimate of drug-likeness (QED) is 0.135. The molecule has 6 aromatic carbocycles. The van der Waals surface area contributed by atoms with E-state index in [4.69, 9.17) is 0 Å². The van der Waals surface area contributed by atoms with Crippen molar-refractivity contribution in [1.29, 1.82) is 0 Å². The predicted molar refractivity (Wildman–Crippen MR) is 194 cm³/mol. The van der Waals surface area contributed by atoms with E-state index < -0.39 is 17.1 Å². The molecule has 1 atom stereocenters. The van der Waals surface area contributed by atoms with Crippen LogP contribution in [0.4, 0.5) is 11.4 Å². The van der Waals surface area contributed by atoms with E-state index in [9.17, 15) is 19.5 Å². The minimum atomic E-state index is -1.10. The number of thioether (sulfide) groups is 1. The maximum absolute atomic E-state index is 14.0. The summed E-state index contributed by atoms with van der Waals surface area (Å²) in [6.45, 7) is 2.97. The molecule has 0 saturated carbocycles. The minimum Gasteiger partial charge on any atom is -0.478 e. The lowest BCUT2D eigenvalue weighted by Crippen LogP contribution is -2.19. The molecule has 0 spiro atoms. The van der Waals surface area contributed by atoms with Crippen LogP contribution in [0.2, 0.25) is 0 Å². The zero-order chi connectivity index (χ0) is 33.2. The molecular weight excluding hydrogens is 619 g/mol. The molecule has 1 aromatic heterocycles. The van der Waals surface area contributed by atoms with E-state index in [-0.39, 0.29) is 17.0 Å². The maximum Gasteiger partial charge on any atom is 0.336 e. The second-order valence-electron chi connectivity index (χ2n) is 11.4. The van der Waals surface area contributed by atoms with E-state index >= 15 is 0 Å². The number of fused-ring (bicyclic) bond motifs is 4. The second kappa shape index (κ2) is 13.1. The fourth-order valence-electron chi connectivity index (χ4n) is 6.27. The van der Waals surface area contributed by atoms with Crippen LogP contribution in [0.5, 0.6) is 0 Å². The van der Waals surface area contributed by atoms with Crippen LogP contribution in [0.3, 0.4) is 0 Å². The molecule has 0 bridgehead atoms. The fraction of sp³-hybridized carbons (Fsp3) is 0.0750. The molecule has 0 fully saturated rings. The number of carboxylic acids is 1. The molecule has 1 heterocycles. The zero-order valence-electron chi connectivity index (χ0n) is 26.0. The van der Waals surface area contributed by atoms with Crippen LogP contribution in [-0.2, 0) is 11.3 Å². The number of aromatic nitrogens is 1. The van der Waals surface area contributed by atoms with Gasteiger partial charge in [0.2, 0.25) is 5.91 Å². The average Bonchev–Trinajstić information content (AvgIpc) is 3.43. The van der Waals surface area contributed by atoms with Crippen LogP contribution < -0.4 is 10.6 Å². The van der Waals surface area contributed by atoms with Crippen LogP contribution in [0.1, 0.15) is 38.5 Å². The number of hydrogen-bond donors (Lipinski definition) is 3. The van der Waals surface area contributed by atoms with Crippen LogP contribution in [0.25, 0.3) is 32.6 Å². The van der Waals surface area contributed by atoms with E-state index in [0.717, 1.165) is 38.8 Å². The Labute approximate surface area is 281 Å². The van der Waals surface area contributed by atoms with Gasteiger partial charge in [-0.1, -0.05) is 78.9 Å². The van der Waals surface area contributed by atoms with E-state index in [1.165, 1.54) is 17.8 Å². The monoisotopic (exact) mass is 649 g/mol. The Hall–Kier alpha value is -5.86. The number of aromatic carboxylic acids is 1. The summed E-state index contributed by atoms with van der Waals surface area (Å²) in [5.41, 5.74) is 4.69. The normalized spacial score (nSPS) is 11.9. The third-order valence-electron chi connectivity index (χ3n) is 8.42. The second-order valence-corrected chi connectivity index (χ2v) is 12.6. The molecule has 0 aliphatic heterocycles. The van der Waals surface area contributed by atoms with Crippen LogP contribution in [0, 0.1) is 0 Å². The van der Waals surface area contributed by atoms with E-state index in [2.05, 4.69) is 40.3 Å². The molecule has 7 aromatic rings. The highest BCUT2D eigenvalue weighted by molar-refractivity contribution is 8.00. The number of nitrogens with one attached hydrogen (secondary N) is 2. The third-order valence-corrected chi connectivity index (χ3v) is 9.67. The smallest absolute Gasteiger partial charge is 0.336 e. The van der Waals surface area contributed by atoms with E-state index in [0.29, 0.717) is 22.1 Å². The van der Waals surface area contributed by atoms with Gasteiger partial charge in [0.1, 0.15) is 5.25 Å². The molecule has 0 saturated heterocycles. The lowest BCUT2D eigenvalue weighted by Gasteiger charge is -2.18. The Morgan fingerprint density at radius 3 is 2.15 bits per heavy atom. The Bertz CT molecular complexity index is 2340. The Morgan fingerprint density at radius 1 is 0.688 bits per heavy atom. The highest BCUT2D eigenvalue weighted by atomic mass is 32.2. The molecule has 1 unspecified atom stereocenters. The lowest BCUT2D eigenvalue weighted by molar-refractivity contribution is -0.115. The number of para-hydroxylation sites is 1. The highest BCUT2D eigenvalue weighted by Crippen LogP contribution is 2.38. The van der Waals surface area contributed by atoms with Gasteiger partial charge in [0.25, 0.3) is 5.91 Å². The summed E-state index contributed by atoms with van der Waals surface area (Å²) in [6, 6.07) is 41.3. The largest absolute Gasteiger partial charge is 0.478 e. The molecular formula is C40H31N3O4S. The highest BCUT2D eigenvalue weighted by Gasteiger charge is 2.23. The van der Waals surface area contributed by atoms with E-state index in [1.807, 2.05) is 72.8 Å². The SMILES string of the molecule is CCn1c2ccccc2c2cc(NC(=O)C(Sc3cccc(NC(=O)c4cccc5cccc(C(=O)O)c45)c3)c3ccccc3)ccc21. The Balaban J connectivity index is 1.16. The number of amides is 2. The lowest BCUT2D eigenvalue weighted by atomic mass is 9.98. The fourth-order valence-corrected chi connectivity index (χ4v) is 7.35. The van der Waals surface area contributed by atoms with Gasteiger partial charge >= 0.3 is 5.97 Å². The molecule has 0 aliphatic carbocycles. The first-order valence-corrected chi connectivity index (χ1v) is 16.5. The van der Waals surface area contributed by atoms with Crippen LogP contribution in [0.15, 0.2) is 138 Å². The molecule has 48 heavy (non-hydrogen) atoms. The van der Waals surface area contributed by atoms with Crippen molar-refractivity contribution in [3.05, 3.63) is 150 Å². The van der Waals surface area contributed by atoms with Crippen molar-refractivity contribution in [2.24, 2.45) is 0 Å². The topological polar surface area (TPSA) is 100 Å². The number of aryl methyl sites for hydroxylation is 1. The summed E-state index contributed by atoms with van der Waals surface area (Å²) >= 11 is 1.38. The van der Waals surface area contributed by atoms with Gasteiger partial charge in [-0.3, -0.25) is 9.59 Å². The first-order chi connectivity index (χ1) is 23.4. The van der Waals surface area contributed by atoms with Crippen molar-refractivity contribution in [3.63, 3.8) is 0 Å². The molecule has 0 radical (unpaired) electrons. The van der Waals surface area contributed by atoms with Gasteiger partial charge in [0.15, 0.2) is 0 Å². The van der Waals surface area contributed by atoms with Gasteiger partial charge in [-0.2, -0.15) is 0 Å². The summed E-state index contributed by atoms with van der Waals surface area (Å²) in [5, 5.41) is 18.5. The van der Waals surface area contributed by atoms with Crippen molar-refractivity contribution in [1.82, 2.24) is 4.57 Å². The molecule has 0 aliphatic rings. The van der Waals surface area contributed by atoms with Crippen molar-refractivity contribution in [3.8, 4) is 0 Å². The molecule has 8 heteroatoms. The van der Waals surface area contributed by atoms with Crippen molar-refractivity contribution >= 4 is 73.5 Å². The summed E-state index contributed by atoms with van der Waals surface area (Å²) in [4.78, 5) is 40.2. The van der Waals surface area contributed by atoms with Gasteiger partial charge in [-0.15, -0.1) is 11.8 Å². The summed E-state index contributed by atoms with van der Waals surface area (Å²) in [7, 11) is 0. The van der Waals surface area contributed by atoms with Crippen molar-refractivity contribution in [2.75, 3.05) is 10.6 Å². The van der Waals surface area contributed by atoms with Gasteiger partial charge < -0.3 is 20.3 Å². The first-order valence-electron chi connectivity index (χ1n) is 15.6. The number of carbonyl (C=O) groups excluding carboxylic acids is 2. The minimum absolute atomic E-state index is 0.0644. The molecule has 7 rings (SSSR count). The molecule has 7 nitrogen and oxygen atoms in total. The first kappa shape index (κ1) is 30.8. The molecule has 236 valence electrons. The summed E-state index contributed by atoms with van der Waals surface area (Å²) in [6.07, 6.45) is 0.